The largest absolute Gasteiger partial charge is 0.435 e. The maximum atomic E-state index is 12.2. The van der Waals surface area contributed by atoms with Gasteiger partial charge >= 0.3 is 6.18 Å². The molecule has 0 radical (unpaired) electrons. The van der Waals surface area contributed by atoms with Crippen LogP contribution < -0.4 is 0 Å². The normalized spacial score (nSPS) is 16.8. The van der Waals surface area contributed by atoms with Crippen LogP contribution in [-0.2, 0) is 6.18 Å². The van der Waals surface area contributed by atoms with E-state index in [2.05, 4.69) is 10.2 Å². The molecule has 0 spiro atoms. The van der Waals surface area contributed by atoms with E-state index in [1.165, 1.54) is 0 Å². The molecule has 0 bridgehead atoms. The molecule has 0 saturated carbocycles. The van der Waals surface area contributed by atoms with Crippen molar-refractivity contribution in [3.8, 4) is 0 Å². The van der Waals surface area contributed by atoms with E-state index in [1.807, 2.05) is 0 Å². The number of aromatic amines is 1. The van der Waals surface area contributed by atoms with Crippen molar-refractivity contribution in [3.05, 3.63) is 41.8 Å². The van der Waals surface area contributed by atoms with Gasteiger partial charge in [-0.2, -0.15) is 18.3 Å². The van der Waals surface area contributed by atoms with Crippen molar-refractivity contribution < 1.29 is 13.2 Å². The Hall–Kier alpha value is -1.52. The van der Waals surface area contributed by atoms with Gasteiger partial charge in [0.15, 0.2) is 5.69 Å². The molecule has 14 heavy (non-hydrogen) atoms. The van der Waals surface area contributed by atoms with Crippen LogP contribution in [0.15, 0.2) is 30.4 Å². The SMILES string of the molecule is FC(F)(F)c1cc(C2C=CC=C2)[nH]n1. The van der Waals surface area contributed by atoms with Crippen molar-refractivity contribution in [1.82, 2.24) is 10.2 Å². The molecule has 1 aliphatic rings. The molecule has 0 unspecified atom stereocenters. The summed E-state index contributed by atoms with van der Waals surface area (Å²) in [4.78, 5) is 0. The molecular formula is C9H7F3N2. The van der Waals surface area contributed by atoms with Crippen LogP contribution in [0.3, 0.4) is 0 Å². The lowest BCUT2D eigenvalue weighted by atomic mass is 10.1. The number of allylic oxidation sites excluding steroid dienone is 4. The molecule has 0 amide bonds. The van der Waals surface area contributed by atoms with E-state index in [0.717, 1.165) is 6.07 Å². The van der Waals surface area contributed by atoms with Crippen LogP contribution >= 0.6 is 0 Å². The van der Waals surface area contributed by atoms with E-state index in [-0.39, 0.29) is 5.92 Å². The summed E-state index contributed by atoms with van der Waals surface area (Å²) in [6.45, 7) is 0. The highest BCUT2D eigenvalue weighted by atomic mass is 19.4. The van der Waals surface area contributed by atoms with Crippen LogP contribution in [0.25, 0.3) is 0 Å². The van der Waals surface area contributed by atoms with Crippen molar-refractivity contribution in [1.29, 1.82) is 0 Å². The smallest absolute Gasteiger partial charge is 0.281 e. The third kappa shape index (κ3) is 1.57. The number of nitrogens with zero attached hydrogens (tertiary/aromatic N) is 1. The number of halogens is 3. The minimum Gasteiger partial charge on any atom is -0.281 e. The first-order valence-corrected chi connectivity index (χ1v) is 4.05. The number of aromatic nitrogens is 2. The summed E-state index contributed by atoms with van der Waals surface area (Å²) in [5, 5.41) is 5.60. The van der Waals surface area contributed by atoms with Gasteiger partial charge in [-0.25, -0.2) is 0 Å². The fourth-order valence-electron chi connectivity index (χ4n) is 1.29. The van der Waals surface area contributed by atoms with Crippen molar-refractivity contribution in [2.24, 2.45) is 0 Å². The number of hydrogen-bond acceptors (Lipinski definition) is 1. The molecule has 1 aromatic heterocycles. The molecular weight excluding hydrogens is 193 g/mol. The van der Waals surface area contributed by atoms with Crippen molar-refractivity contribution in [3.63, 3.8) is 0 Å². The molecule has 1 heterocycles. The Labute approximate surface area is 78.1 Å². The summed E-state index contributed by atoms with van der Waals surface area (Å²) in [6, 6.07) is 1.03. The van der Waals surface area contributed by atoms with Crippen molar-refractivity contribution >= 4 is 0 Å². The summed E-state index contributed by atoms with van der Waals surface area (Å²) in [5.41, 5.74) is -0.413. The second kappa shape index (κ2) is 3.01. The van der Waals surface area contributed by atoms with Gasteiger partial charge in [0.05, 0.1) is 0 Å². The lowest BCUT2D eigenvalue weighted by molar-refractivity contribution is -0.141. The zero-order chi connectivity index (χ0) is 10.2. The lowest BCUT2D eigenvalue weighted by Gasteiger charge is -2.00. The highest BCUT2D eigenvalue weighted by Crippen LogP contribution is 2.30. The Morgan fingerprint density at radius 2 is 1.86 bits per heavy atom. The van der Waals surface area contributed by atoms with E-state index < -0.39 is 11.9 Å². The number of nitrogens with one attached hydrogen (secondary N) is 1. The van der Waals surface area contributed by atoms with Gasteiger partial charge in [-0.3, -0.25) is 5.10 Å². The van der Waals surface area contributed by atoms with E-state index in [0.29, 0.717) is 5.69 Å². The van der Waals surface area contributed by atoms with Gasteiger partial charge in [0, 0.05) is 11.6 Å². The number of hydrogen-bond donors (Lipinski definition) is 1. The van der Waals surface area contributed by atoms with Crippen LogP contribution in [0.2, 0.25) is 0 Å². The first-order chi connectivity index (χ1) is 6.57. The van der Waals surface area contributed by atoms with Gasteiger partial charge in [-0.1, -0.05) is 24.3 Å². The third-order valence-electron chi connectivity index (χ3n) is 2.00. The summed E-state index contributed by atoms with van der Waals surface area (Å²) in [5.74, 6) is -0.112. The maximum Gasteiger partial charge on any atom is 0.435 e. The molecule has 2 nitrogen and oxygen atoms in total. The molecule has 5 heteroatoms. The summed E-state index contributed by atoms with van der Waals surface area (Å²) >= 11 is 0. The lowest BCUT2D eigenvalue weighted by Crippen LogP contribution is -2.04. The van der Waals surface area contributed by atoms with Crippen molar-refractivity contribution in [2.45, 2.75) is 12.1 Å². The molecule has 0 saturated heterocycles. The molecule has 0 aromatic carbocycles. The summed E-state index contributed by atoms with van der Waals surface area (Å²) in [7, 11) is 0. The average molecular weight is 200 g/mol. The summed E-state index contributed by atoms with van der Waals surface area (Å²) in [6.07, 6.45) is 2.81. The second-order valence-electron chi connectivity index (χ2n) is 3.00. The molecule has 1 aromatic rings. The molecule has 2 rings (SSSR count). The Morgan fingerprint density at radius 1 is 1.21 bits per heavy atom. The topological polar surface area (TPSA) is 28.7 Å². The third-order valence-corrected chi connectivity index (χ3v) is 2.00. The van der Waals surface area contributed by atoms with Gasteiger partial charge in [-0.15, -0.1) is 0 Å². The van der Waals surface area contributed by atoms with Gasteiger partial charge < -0.3 is 0 Å². The van der Waals surface area contributed by atoms with Crippen LogP contribution in [0, 0.1) is 0 Å². The Morgan fingerprint density at radius 3 is 2.36 bits per heavy atom. The van der Waals surface area contributed by atoms with Crippen LogP contribution in [0.5, 0.6) is 0 Å². The second-order valence-corrected chi connectivity index (χ2v) is 3.00. The summed E-state index contributed by atoms with van der Waals surface area (Å²) < 4.78 is 36.5. The molecule has 0 aliphatic heterocycles. The van der Waals surface area contributed by atoms with Crippen LogP contribution in [0.1, 0.15) is 17.3 Å². The Kier molecular flexibility index (Phi) is 1.94. The average Bonchev–Trinajstić information content (AvgIpc) is 2.73. The fourth-order valence-corrected chi connectivity index (χ4v) is 1.29. The van der Waals surface area contributed by atoms with Crippen molar-refractivity contribution in [2.75, 3.05) is 0 Å². The first-order valence-electron chi connectivity index (χ1n) is 4.05. The van der Waals surface area contributed by atoms with E-state index in [4.69, 9.17) is 0 Å². The molecule has 0 fully saturated rings. The Bertz CT molecular complexity index is 375. The van der Waals surface area contributed by atoms with Gasteiger partial charge in [0.1, 0.15) is 0 Å². The minimum atomic E-state index is -4.37. The van der Waals surface area contributed by atoms with Gasteiger partial charge in [0.2, 0.25) is 0 Å². The van der Waals surface area contributed by atoms with Gasteiger partial charge in [0.25, 0.3) is 0 Å². The monoisotopic (exact) mass is 200 g/mol. The number of rotatable bonds is 1. The quantitative estimate of drug-likeness (QED) is 0.741. The van der Waals surface area contributed by atoms with E-state index in [1.54, 1.807) is 24.3 Å². The zero-order valence-electron chi connectivity index (χ0n) is 7.05. The molecule has 0 atom stereocenters. The number of H-pyrrole nitrogens is 1. The first kappa shape index (κ1) is 9.05. The standard InChI is InChI=1S/C9H7F3N2/c10-9(11,12)8-5-7(13-14-8)6-3-1-2-4-6/h1-6H,(H,13,14). The van der Waals surface area contributed by atoms with Crippen LogP contribution in [-0.4, -0.2) is 10.2 Å². The zero-order valence-corrected chi connectivity index (χ0v) is 7.05. The molecule has 1 aliphatic carbocycles. The molecule has 1 N–H and O–H groups in total. The van der Waals surface area contributed by atoms with E-state index in [9.17, 15) is 13.2 Å². The van der Waals surface area contributed by atoms with Crippen LogP contribution in [0.4, 0.5) is 13.2 Å². The van der Waals surface area contributed by atoms with E-state index >= 15 is 0 Å². The predicted octanol–water partition coefficient (Wildman–Crippen LogP) is 2.64. The fraction of sp³-hybridized carbons (Fsp3) is 0.222. The van der Waals surface area contributed by atoms with Gasteiger partial charge in [-0.05, 0) is 6.07 Å². The highest BCUT2D eigenvalue weighted by molar-refractivity contribution is 5.31. The number of alkyl halides is 3. The maximum absolute atomic E-state index is 12.2. The minimum absolute atomic E-state index is 0.112. The Balaban J connectivity index is 2.26. The molecule has 74 valence electrons. The predicted molar refractivity (Wildman–Crippen MR) is 44.6 cm³/mol. The highest BCUT2D eigenvalue weighted by Gasteiger charge is 2.34.